The van der Waals surface area contributed by atoms with Gasteiger partial charge in [0.2, 0.25) is 0 Å². The van der Waals surface area contributed by atoms with Gasteiger partial charge in [0.1, 0.15) is 17.3 Å². The Morgan fingerprint density at radius 1 is 1.26 bits per heavy atom. The highest BCUT2D eigenvalue weighted by molar-refractivity contribution is 7.18. The van der Waals surface area contributed by atoms with Crippen molar-refractivity contribution in [1.82, 2.24) is 9.97 Å². The predicted molar refractivity (Wildman–Crippen MR) is 87.6 cm³/mol. The Hall–Kier alpha value is -2.21. The van der Waals surface area contributed by atoms with Gasteiger partial charge >= 0.3 is 0 Å². The monoisotopic (exact) mass is 330 g/mol. The van der Waals surface area contributed by atoms with E-state index >= 15 is 0 Å². The first-order valence-electron chi connectivity index (χ1n) is 7.63. The highest BCUT2D eigenvalue weighted by Gasteiger charge is 2.19. The minimum atomic E-state index is -0.428. The molecule has 2 heterocycles. The third-order valence-corrected chi connectivity index (χ3v) is 5.26. The second kappa shape index (κ2) is 5.77. The number of halogens is 1. The van der Waals surface area contributed by atoms with Crippen molar-refractivity contribution in [1.29, 1.82) is 0 Å². The number of rotatable bonds is 3. The summed E-state index contributed by atoms with van der Waals surface area (Å²) in [5.41, 5.74) is 1.04. The van der Waals surface area contributed by atoms with Crippen LogP contribution in [0.4, 0.5) is 4.39 Å². The van der Waals surface area contributed by atoms with Gasteiger partial charge in [-0.1, -0.05) is 12.1 Å². The van der Waals surface area contributed by atoms with Crippen LogP contribution in [0.1, 0.15) is 29.1 Å². The fraction of sp³-hybridized carbons (Fsp3) is 0.294. The molecule has 0 radical (unpaired) electrons. The van der Waals surface area contributed by atoms with Crippen LogP contribution in [0.3, 0.4) is 0 Å². The van der Waals surface area contributed by atoms with E-state index < -0.39 is 5.82 Å². The Kier molecular flexibility index (Phi) is 3.61. The molecule has 0 saturated carbocycles. The minimum absolute atomic E-state index is 0.0364. The van der Waals surface area contributed by atoms with E-state index in [4.69, 9.17) is 4.74 Å². The highest BCUT2D eigenvalue weighted by Crippen LogP contribution is 2.33. The van der Waals surface area contributed by atoms with Gasteiger partial charge in [-0.25, -0.2) is 9.37 Å². The van der Waals surface area contributed by atoms with Gasteiger partial charge < -0.3 is 9.72 Å². The number of hydrogen-bond acceptors (Lipinski definition) is 4. The number of H-pyrrole nitrogens is 1. The minimum Gasteiger partial charge on any atom is -0.483 e. The van der Waals surface area contributed by atoms with Crippen molar-refractivity contribution in [3.8, 4) is 5.75 Å². The summed E-state index contributed by atoms with van der Waals surface area (Å²) in [5, 5.41) is 0.722. The summed E-state index contributed by atoms with van der Waals surface area (Å²) in [7, 11) is 0. The Labute approximate surface area is 136 Å². The molecule has 0 saturated heterocycles. The predicted octanol–water partition coefficient (Wildman–Crippen LogP) is 3.58. The summed E-state index contributed by atoms with van der Waals surface area (Å²) >= 11 is 1.59. The number of hydrogen-bond donors (Lipinski definition) is 1. The third-order valence-electron chi connectivity index (χ3n) is 4.08. The van der Waals surface area contributed by atoms with Crippen molar-refractivity contribution in [3.63, 3.8) is 0 Å². The van der Waals surface area contributed by atoms with Gasteiger partial charge in [0.15, 0.2) is 11.6 Å². The van der Waals surface area contributed by atoms with Crippen LogP contribution < -0.4 is 10.3 Å². The molecule has 1 aromatic carbocycles. The van der Waals surface area contributed by atoms with Gasteiger partial charge in [-0.15, -0.1) is 11.3 Å². The normalized spacial score (nSPS) is 14.0. The van der Waals surface area contributed by atoms with Crippen molar-refractivity contribution in [3.05, 3.63) is 56.7 Å². The molecule has 1 N–H and O–H groups in total. The second-order valence-electron chi connectivity index (χ2n) is 5.62. The molecule has 0 aliphatic heterocycles. The number of nitrogens with zero attached hydrogens (tertiary/aromatic N) is 1. The van der Waals surface area contributed by atoms with E-state index in [0.717, 1.165) is 35.0 Å². The average Bonchev–Trinajstić information content (AvgIpc) is 2.93. The SMILES string of the molecule is O=c1[nH]c(COc2ccccc2F)nc2sc3c(c12)CCCC3. The van der Waals surface area contributed by atoms with Crippen molar-refractivity contribution in [2.75, 3.05) is 0 Å². The van der Waals surface area contributed by atoms with E-state index in [1.165, 1.54) is 17.4 Å². The van der Waals surface area contributed by atoms with Gasteiger partial charge in [-0.3, -0.25) is 4.79 Å². The van der Waals surface area contributed by atoms with E-state index in [1.54, 1.807) is 29.5 Å². The number of thiophene rings is 1. The molecular formula is C17H15FN2O2S. The summed E-state index contributed by atoms with van der Waals surface area (Å²) < 4.78 is 19.0. The molecule has 0 amide bonds. The van der Waals surface area contributed by atoms with Crippen LogP contribution in [0.15, 0.2) is 29.1 Å². The van der Waals surface area contributed by atoms with Crippen LogP contribution in [0.2, 0.25) is 0 Å². The Morgan fingerprint density at radius 3 is 2.96 bits per heavy atom. The van der Waals surface area contributed by atoms with Crippen LogP contribution in [0.25, 0.3) is 10.2 Å². The summed E-state index contributed by atoms with van der Waals surface area (Å²) in [6.45, 7) is 0.0364. The van der Waals surface area contributed by atoms with Crippen LogP contribution in [-0.4, -0.2) is 9.97 Å². The molecule has 118 valence electrons. The van der Waals surface area contributed by atoms with Crippen LogP contribution >= 0.6 is 11.3 Å². The van der Waals surface area contributed by atoms with E-state index in [1.807, 2.05) is 0 Å². The standard InChI is InChI=1S/C17H15FN2O2S/c18-11-6-2-3-7-12(11)22-9-14-19-16(21)15-10-5-1-4-8-13(10)23-17(15)20-14/h2-3,6-7H,1,4-5,8-9H2,(H,19,20,21). The molecule has 0 unspecified atom stereocenters. The molecule has 0 fully saturated rings. The second-order valence-corrected chi connectivity index (χ2v) is 6.71. The highest BCUT2D eigenvalue weighted by atomic mass is 32.1. The van der Waals surface area contributed by atoms with E-state index in [0.29, 0.717) is 5.82 Å². The first-order chi connectivity index (χ1) is 11.2. The first-order valence-corrected chi connectivity index (χ1v) is 8.45. The van der Waals surface area contributed by atoms with Crippen LogP contribution in [-0.2, 0) is 19.4 Å². The summed E-state index contributed by atoms with van der Waals surface area (Å²) in [4.78, 5) is 21.7. The lowest BCUT2D eigenvalue weighted by Gasteiger charge is -2.09. The largest absolute Gasteiger partial charge is 0.483 e. The molecule has 1 aliphatic carbocycles. The van der Waals surface area contributed by atoms with E-state index in [-0.39, 0.29) is 17.9 Å². The third kappa shape index (κ3) is 2.63. The molecule has 4 rings (SSSR count). The number of para-hydroxylation sites is 1. The number of aromatic amines is 1. The number of ether oxygens (including phenoxy) is 1. The lowest BCUT2D eigenvalue weighted by atomic mass is 9.97. The molecule has 1 aliphatic rings. The van der Waals surface area contributed by atoms with Gasteiger partial charge in [0.25, 0.3) is 5.56 Å². The molecule has 3 aromatic rings. The summed E-state index contributed by atoms with van der Waals surface area (Å²) in [6, 6.07) is 6.19. The zero-order valence-corrected chi connectivity index (χ0v) is 13.2. The maximum atomic E-state index is 13.6. The zero-order valence-electron chi connectivity index (χ0n) is 12.4. The summed E-state index contributed by atoms with van der Waals surface area (Å²) in [5.74, 6) is 0.146. The fourth-order valence-corrected chi connectivity index (χ4v) is 4.27. The van der Waals surface area contributed by atoms with Gasteiger partial charge in [-0.2, -0.15) is 0 Å². The van der Waals surface area contributed by atoms with Crippen molar-refractivity contribution >= 4 is 21.6 Å². The van der Waals surface area contributed by atoms with Crippen LogP contribution in [0.5, 0.6) is 5.75 Å². The number of benzene rings is 1. The quantitative estimate of drug-likeness (QED) is 0.798. The Balaban J connectivity index is 1.66. The number of nitrogens with one attached hydrogen (secondary N) is 1. The smallest absolute Gasteiger partial charge is 0.260 e. The van der Waals surface area contributed by atoms with Crippen molar-refractivity contribution in [2.24, 2.45) is 0 Å². The molecule has 23 heavy (non-hydrogen) atoms. The maximum Gasteiger partial charge on any atom is 0.260 e. The Morgan fingerprint density at radius 2 is 2.09 bits per heavy atom. The average molecular weight is 330 g/mol. The molecule has 0 bridgehead atoms. The van der Waals surface area contributed by atoms with Crippen molar-refractivity contribution < 1.29 is 9.13 Å². The van der Waals surface area contributed by atoms with Crippen LogP contribution in [0, 0.1) is 5.82 Å². The molecule has 6 heteroatoms. The maximum absolute atomic E-state index is 13.6. The Bertz CT molecular complexity index is 932. The molecular weight excluding hydrogens is 315 g/mol. The fourth-order valence-electron chi connectivity index (χ4n) is 2.98. The van der Waals surface area contributed by atoms with Gasteiger partial charge in [-0.05, 0) is 43.4 Å². The number of aromatic nitrogens is 2. The first kappa shape index (κ1) is 14.4. The molecule has 2 aromatic heterocycles. The number of fused-ring (bicyclic) bond motifs is 3. The van der Waals surface area contributed by atoms with E-state index in [9.17, 15) is 9.18 Å². The number of aryl methyl sites for hydroxylation is 2. The molecule has 0 spiro atoms. The lowest BCUT2D eigenvalue weighted by Crippen LogP contribution is -2.14. The van der Waals surface area contributed by atoms with Gasteiger partial charge in [0.05, 0.1) is 5.39 Å². The topological polar surface area (TPSA) is 55.0 Å². The molecule has 4 nitrogen and oxygen atoms in total. The van der Waals surface area contributed by atoms with Crippen molar-refractivity contribution in [2.45, 2.75) is 32.3 Å². The lowest BCUT2D eigenvalue weighted by molar-refractivity contribution is 0.281. The molecule has 0 atom stereocenters. The summed E-state index contributed by atoms with van der Waals surface area (Å²) in [6.07, 6.45) is 4.26. The zero-order chi connectivity index (χ0) is 15.8. The van der Waals surface area contributed by atoms with Gasteiger partial charge in [0, 0.05) is 4.88 Å². The van der Waals surface area contributed by atoms with E-state index in [2.05, 4.69) is 9.97 Å².